The lowest BCUT2D eigenvalue weighted by atomic mass is 9.97. The molecule has 27 heavy (non-hydrogen) atoms. The number of aryl methyl sites for hydroxylation is 1. The third kappa shape index (κ3) is 3.42. The number of hydrogen-bond acceptors (Lipinski definition) is 5. The Morgan fingerprint density at radius 2 is 2.11 bits per heavy atom. The molecule has 2 heterocycles. The van der Waals surface area contributed by atoms with Crippen LogP contribution in [0.3, 0.4) is 0 Å². The monoisotopic (exact) mass is 381 g/mol. The van der Waals surface area contributed by atoms with Gasteiger partial charge in [-0.15, -0.1) is 11.3 Å². The minimum atomic E-state index is -0.423. The van der Waals surface area contributed by atoms with E-state index in [2.05, 4.69) is 6.07 Å². The molecule has 3 aromatic rings. The molecular formula is C20H19N3O3S. The van der Waals surface area contributed by atoms with Crippen LogP contribution in [0.2, 0.25) is 0 Å². The zero-order chi connectivity index (χ0) is 19.0. The fourth-order valence-electron chi connectivity index (χ4n) is 3.60. The number of nitro benzene ring substituents is 1. The lowest BCUT2D eigenvalue weighted by Gasteiger charge is -2.32. The normalized spacial score (nSPS) is 17.2. The van der Waals surface area contributed by atoms with Gasteiger partial charge in [-0.2, -0.15) is 0 Å². The summed E-state index contributed by atoms with van der Waals surface area (Å²) < 4.78 is 1.17. The summed E-state index contributed by atoms with van der Waals surface area (Å²) in [6.45, 7) is 3.00. The number of para-hydroxylation sites is 1. The van der Waals surface area contributed by atoms with E-state index < -0.39 is 4.92 Å². The van der Waals surface area contributed by atoms with Crippen LogP contribution in [-0.2, 0) is 0 Å². The summed E-state index contributed by atoms with van der Waals surface area (Å²) in [5.41, 5.74) is 2.05. The molecule has 0 aliphatic carbocycles. The molecule has 0 bridgehead atoms. The molecule has 1 aromatic heterocycles. The minimum absolute atomic E-state index is 0.0394. The van der Waals surface area contributed by atoms with Crippen LogP contribution in [-0.4, -0.2) is 33.8 Å². The van der Waals surface area contributed by atoms with Crippen molar-refractivity contribution >= 4 is 33.1 Å². The van der Waals surface area contributed by atoms with E-state index >= 15 is 0 Å². The Morgan fingerprint density at radius 1 is 1.30 bits per heavy atom. The van der Waals surface area contributed by atoms with E-state index in [4.69, 9.17) is 4.98 Å². The zero-order valence-corrected chi connectivity index (χ0v) is 15.7. The molecule has 1 atom stereocenters. The van der Waals surface area contributed by atoms with Crippen LogP contribution in [0, 0.1) is 17.0 Å². The molecule has 1 amide bonds. The highest BCUT2D eigenvalue weighted by Crippen LogP contribution is 2.33. The second-order valence-electron chi connectivity index (χ2n) is 6.87. The third-order valence-electron chi connectivity index (χ3n) is 5.01. The first-order valence-electron chi connectivity index (χ1n) is 8.92. The van der Waals surface area contributed by atoms with E-state index in [9.17, 15) is 14.9 Å². The largest absolute Gasteiger partial charge is 0.338 e. The van der Waals surface area contributed by atoms with Gasteiger partial charge in [0, 0.05) is 36.2 Å². The van der Waals surface area contributed by atoms with Gasteiger partial charge in [0.15, 0.2) is 0 Å². The predicted octanol–water partition coefficient (Wildman–Crippen LogP) is 4.53. The number of nitrogens with zero attached hydrogens (tertiary/aromatic N) is 3. The lowest BCUT2D eigenvalue weighted by Crippen LogP contribution is -2.39. The predicted molar refractivity (Wildman–Crippen MR) is 105 cm³/mol. The minimum Gasteiger partial charge on any atom is -0.338 e. The van der Waals surface area contributed by atoms with Crippen molar-refractivity contribution in [1.29, 1.82) is 0 Å². The highest BCUT2D eigenvalue weighted by molar-refractivity contribution is 7.18. The summed E-state index contributed by atoms with van der Waals surface area (Å²) in [6.07, 6.45) is 1.95. The fourth-order valence-corrected chi connectivity index (χ4v) is 4.70. The van der Waals surface area contributed by atoms with Gasteiger partial charge >= 0.3 is 0 Å². The molecule has 2 aromatic carbocycles. The molecule has 1 aliphatic heterocycles. The number of aromatic nitrogens is 1. The molecule has 7 heteroatoms. The van der Waals surface area contributed by atoms with E-state index in [1.54, 1.807) is 30.4 Å². The van der Waals surface area contributed by atoms with E-state index in [-0.39, 0.29) is 17.5 Å². The van der Waals surface area contributed by atoms with Crippen molar-refractivity contribution in [2.24, 2.45) is 0 Å². The number of rotatable bonds is 3. The maximum atomic E-state index is 12.9. The first kappa shape index (κ1) is 17.6. The van der Waals surface area contributed by atoms with E-state index in [0.717, 1.165) is 23.4 Å². The summed E-state index contributed by atoms with van der Waals surface area (Å²) in [5.74, 6) is 0.165. The number of thiazole rings is 1. The van der Waals surface area contributed by atoms with Crippen LogP contribution in [0.5, 0.6) is 0 Å². The summed E-state index contributed by atoms with van der Waals surface area (Å²) in [6, 6.07) is 12.7. The van der Waals surface area contributed by atoms with Crippen molar-refractivity contribution in [3.05, 3.63) is 68.7 Å². The summed E-state index contributed by atoms with van der Waals surface area (Å²) in [7, 11) is 0. The SMILES string of the molecule is Cc1cc(C(=O)N2CCCC(c3nc4ccccc4s3)C2)ccc1[N+](=O)[O-]. The molecule has 0 radical (unpaired) electrons. The summed E-state index contributed by atoms with van der Waals surface area (Å²) in [5, 5.41) is 12.1. The average molecular weight is 381 g/mol. The number of piperidine rings is 1. The molecule has 0 spiro atoms. The molecule has 0 N–H and O–H groups in total. The lowest BCUT2D eigenvalue weighted by molar-refractivity contribution is -0.385. The maximum absolute atomic E-state index is 12.9. The van der Waals surface area contributed by atoms with Crippen molar-refractivity contribution < 1.29 is 9.72 Å². The highest BCUT2D eigenvalue weighted by Gasteiger charge is 2.28. The Labute approximate surface area is 160 Å². The van der Waals surface area contributed by atoms with Crippen LogP contribution < -0.4 is 0 Å². The number of fused-ring (bicyclic) bond motifs is 1. The van der Waals surface area contributed by atoms with Crippen LogP contribution in [0.15, 0.2) is 42.5 Å². The number of nitro groups is 1. The highest BCUT2D eigenvalue weighted by atomic mass is 32.1. The van der Waals surface area contributed by atoms with Crippen molar-refractivity contribution in [3.63, 3.8) is 0 Å². The standard InChI is InChI=1S/C20H19N3O3S/c1-13-11-14(8-9-17(13)23(25)26)20(24)22-10-4-5-15(12-22)19-21-16-6-2-3-7-18(16)27-19/h2-3,6-9,11,15H,4-5,10,12H2,1H3. The van der Waals surface area contributed by atoms with Crippen LogP contribution >= 0.6 is 11.3 Å². The molecule has 1 unspecified atom stereocenters. The van der Waals surface area contributed by atoms with Crippen LogP contribution in [0.4, 0.5) is 5.69 Å². The van der Waals surface area contributed by atoms with Gasteiger partial charge in [0.05, 0.1) is 20.1 Å². The molecular weight excluding hydrogens is 362 g/mol. The number of likely N-dealkylation sites (tertiary alicyclic amines) is 1. The molecule has 1 fully saturated rings. The Bertz CT molecular complexity index is 997. The number of carbonyl (C=O) groups is 1. The number of hydrogen-bond donors (Lipinski definition) is 0. The first-order chi connectivity index (χ1) is 13.0. The molecule has 0 saturated carbocycles. The smallest absolute Gasteiger partial charge is 0.272 e. The number of carbonyl (C=O) groups excluding carboxylic acids is 1. The van der Waals surface area contributed by atoms with Gasteiger partial charge < -0.3 is 4.90 Å². The maximum Gasteiger partial charge on any atom is 0.272 e. The van der Waals surface area contributed by atoms with E-state index in [1.807, 2.05) is 23.1 Å². The van der Waals surface area contributed by atoms with Gasteiger partial charge in [-0.05, 0) is 44.0 Å². The fraction of sp³-hybridized carbons (Fsp3) is 0.300. The number of benzene rings is 2. The van der Waals surface area contributed by atoms with Crippen molar-refractivity contribution in [1.82, 2.24) is 9.88 Å². The Balaban J connectivity index is 1.54. The number of amides is 1. The van der Waals surface area contributed by atoms with Gasteiger partial charge in [-0.1, -0.05) is 12.1 Å². The summed E-state index contributed by atoms with van der Waals surface area (Å²) >= 11 is 1.70. The Morgan fingerprint density at radius 3 is 2.85 bits per heavy atom. The van der Waals surface area contributed by atoms with Gasteiger partial charge in [0.2, 0.25) is 0 Å². The first-order valence-corrected chi connectivity index (χ1v) is 9.74. The van der Waals surface area contributed by atoms with Crippen LogP contribution in [0.25, 0.3) is 10.2 Å². The van der Waals surface area contributed by atoms with E-state index in [0.29, 0.717) is 24.2 Å². The average Bonchev–Trinajstić information content (AvgIpc) is 3.11. The summed E-state index contributed by atoms with van der Waals surface area (Å²) in [4.78, 5) is 30.1. The van der Waals surface area contributed by atoms with Crippen LogP contribution in [0.1, 0.15) is 39.7 Å². The molecule has 1 aliphatic rings. The van der Waals surface area contributed by atoms with Gasteiger partial charge in [0.1, 0.15) is 0 Å². The quantitative estimate of drug-likeness (QED) is 0.493. The topological polar surface area (TPSA) is 76.3 Å². The van der Waals surface area contributed by atoms with Gasteiger partial charge in [-0.3, -0.25) is 14.9 Å². The second-order valence-corrected chi connectivity index (χ2v) is 7.93. The second kappa shape index (κ2) is 7.08. The van der Waals surface area contributed by atoms with E-state index in [1.165, 1.54) is 10.8 Å². The Hall–Kier alpha value is -2.80. The van der Waals surface area contributed by atoms with Gasteiger partial charge in [-0.25, -0.2) is 4.98 Å². The van der Waals surface area contributed by atoms with Crippen molar-refractivity contribution in [2.45, 2.75) is 25.7 Å². The van der Waals surface area contributed by atoms with Gasteiger partial charge in [0.25, 0.3) is 11.6 Å². The Kier molecular flexibility index (Phi) is 4.61. The molecule has 6 nitrogen and oxygen atoms in total. The third-order valence-corrected chi connectivity index (χ3v) is 6.21. The van der Waals surface area contributed by atoms with Crippen molar-refractivity contribution in [2.75, 3.05) is 13.1 Å². The molecule has 4 rings (SSSR count). The molecule has 138 valence electrons. The zero-order valence-electron chi connectivity index (χ0n) is 14.9. The van der Waals surface area contributed by atoms with Crippen molar-refractivity contribution in [3.8, 4) is 0 Å². The molecule has 1 saturated heterocycles.